The number of fused-ring (bicyclic) bond motifs is 2. The Balaban J connectivity index is 0.000000203. The molecule has 0 radical (unpaired) electrons. The molecule has 0 spiro atoms. The lowest BCUT2D eigenvalue weighted by Crippen LogP contribution is -2.41. The van der Waals surface area contributed by atoms with Crippen LogP contribution in [0.3, 0.4) is 0 Å². The number of nitrogens with one attached hydrogen (secondary N) is 1. The number of carbonyl (C=O) groups excluding carboxylic acids is 3. The maximum absolute atomic E-state index is 13.6. The second kappa shape index (κ2) is 21.4. The van der Waals surface area contributed by atoms with Crippen LogP contribution in [0.1, 0.15) is 30.6 Å². The minimum atomic E-state index is -4.47. The van der Waals surface area contributed by atoms with E-state index in [0.717, 1.165) is 29.6 Å². The third-order valence-electron chi connectivity index (χ3n) is 10.7. The summed E-state index contributed by atoms with van der Waals surface area (Å²) in [7, 11) is 1.16. The molecule has 1 unspecified atom stereocenters. The van der Waals surface area contributed by atoms with Gasteiger partial charge in [0, 0.05) is 51.9 Å². The summed E-state index contributed by atoms with van der Waals surface area (Å²) >= 11 is 7.01. The Bertz CT molecular complexity index is 2700. The third kappa shape index (κ3) is 12.0. The van der Waals surface area contributed by atoms with Crippen LogP contribution >= 0.6 is 34.3 Å². The van der Waals surface area contributed by atoms with E-state index in [1.165, 1.54) is 12.1 Å². The number of nitrogens with zero attached hydrogens (tertiary/aromatic N) is 2. The molecule has 2 N–H and O–H groups in total. The van der Waals surface area contributed by atoms with E-state index in [9.17, 15) is 45.8 Å². The molecule has 19 heteroatoms. The van der Waals surface area contributed by atoms with Crippen LogP contribution in [0.5, 0.6) is 11.5 Å². The first-order valence-electron chi connectivity index (χ1n) is 20.7. The van der Waals surface area contributed by atoms with Crippen LogP contribution in [0.25, 0.3) is 22.3 Å². The average Bonchev–Trinajstić information content (AvgIpc) is 4.15. The maximum Gasteiger partial charge on any atom is 0.426 e. The van der Waals surface area contributed by atoms with Crippen LogP contribution in [0.4, 0.5) is 37.7 Å². The summed E-state index contributed by atoms with van der Waals surface area (Å²) in [6.45, 7) is 0.841. The third-order valence-corrected chi connectivity index (χ3v) is 13.2. The number of ether oxygens (including phenoxy) is 3. The number of thiophene rings is 2. The van der Waals surface area contributed by atoms with Gasteiger partial charge in [0.2, 0.25) is 11.8 Å². The first-order chi connectivity index (χ1) is 32.0. The fourth-order valence-corrected chi connectivity index (χ4v) is 9.64. The van der Waals surface area contributed by atoms with Gasteiger partial charge in [0.25, 0.3) is 0 Å². The predicted octanol–water partition coefficient (Wildman–Crippen LogP) is 10.2. The van der Waals surface area contributed by atoms with E-state index >= 15 is 0 Å². The van der Waals surface area contributed by atoms with E-state index in [1.54, 1.807) is 101 Å². The molecule has 2 aliphatic heterocycles. The minimum Gasteiger partial charge on any atom is -0.488 e. The topological polar surface area (TPSA) is 118 Å². The van der Waals surface area contributed by atoms with Gasteiger partial charge in [0.1, 0.15) is 40.3 Å². The van der Waals surface area contributed by atoms with Gasteiger partial charge in [-0.15, -0.1) is 34.3 Å². The Hall–Kier alpha value is -5.92. The van der Waals surface area contributed by atoms with Gasteiger partial charge >= 0.3 is 18.3 Å². The maximum atomic E-state index is 13.6. The number of alkyl halides is 7. The van der Waals surface area contributed by atoms with Crippen LogP contribution < -0.4 is 24.6 Å². The number of aliphatic hydroxyl groups is 1. The van der Waals surface area contributed by atoms with Gasteiger partial charge in [0.15, 0.2) is 6.10 Å². The molecule has 0 saturated carbocycles. The van der Waals surface area contributed by atoms with Gasteiger partial charge in [-0.05, 0) is 83.6 Å². The number of halogens is 7. The number of methoxy groups -OCH3 is 1. The average molecular weight is 986 g/mol. The Morgan fingerprint density at radius 3 is 1.55 bits per heavy atom. The largest absolute Gasteiger partial charge is 0.488 e. The zero-order chi connectivity index (χ0) is 47.9. The Morgan fingerprint density at radius 2 is 1.13 bits per heavy atom. The molecule has 2 aliphatic rings. The van der Waals surface area contributed by atoms with Gasteiger partial charge in [0.05, 0.1) is 13.7 Å². The molecule has 6 aromatic rings. The molecule has 4 heterocycles. The first-order valence-corrected chi connectivity index (χ1v) is 22.9. The van der Waals surface area contributed by atoms with Gasteiger partial charge in [-0.1, -0.05) is 60.7 Å². The summed E-state index contributed by atoms with van der Waals surface area (Å²) in [5.41, 5.74) is 4.67. The highest BCUT2D eigenvalue weighted by Gasteiger charge is 2.38. The molecular formula is C48H42ClF6N3O7S2. The molecule has 352 valence electrons. The van der Waals surface area contributed by atoms with Crippen LogP contribution in [0.15, 0.2) is 109 Å². The number of amides is 2. The number of aliphatic hydroxyl groups excluding tert-OH is 1. The Labute approximate surface area is 394 Å². The van der Waals surface area contributed by atoms with Crippen LogP contribution in [0.2, 0.25) is 0 Å². The standard InChI is InChI=1S/C26H25F3N2O5S.C22H17ClF3NO2S/c1-35-25(34)22(32)13-30-14-23(33)31-10-9-17-11-18(7-8-21(17)31)36-15-19-12-20(16-5-3-2-4-6-16)24(37-19)26(27,28)29;23-12-20(28)27-9-8-15-10-16(6-7-19(15)27)29-13-17-11-18(14-4-2-1-3-5-14)21(30-17)22(24,25)26/h2-8,11-12,22,30,32H,9-10,13-15H2,1H3;1-7,10-11H,8-9,12-13H2. The zero-order valence-electron chi connectivity index (χ0n) is 35.6. The normalized spacial score (nSPS) is 13.6. The number of carbonyl (C=O) groups is 3. The lowest BCUT2D eigenvalue weighted by atomic mass is 10.1. The molecule has 0 bridgehead atoms. The van der Waals surface area contributed by atoms with Crippen molar-refractivity contribution in [2.24, 2.45) is 0 Å². The van der Waals surface area contributed by atoms with E-state index in [0.29, 0.717) is 81.0 Å². The number of hydrogen-bond donors (Lipinski definition) is 2. The van der Waals surface area contributed by atoms with E-state index in [4.69, 9.17) is 21.1 Å². The highest BCUT2D eigenvalue weighted by Crippen LogP contribution is 2.45. The van der Waals surface area contributed by atoms with E-state index in [1.807, 2.05) is 6.07 Å². The number of benzene rings is 4. The summed E-state index contributed by atoms with van der Waals surface area (Å²) < 4.78 is 97.5. The van der Waals surface area contributed by atoms with E-state index in [2.05, 4.69) is 10.1 Å². The molecule has 8 rings (SSSR count). The van der Waals surface area contributed by atoms with Gasteiger partial charge < -0.3 is 34.4 Å². The quantitative estimate of drug-likeness (QED) is 0.0630. The molecule has 67 heavy (non-hydrogen) atoms. The molecule has 2 amide bonds. The van der Waals surface area contributed by atoms with E-state index < -0.39 is 34.2 Å². The molecule has 4 aromatic carbocycles. The second-order valence-electron chi connectivity index (χ2n) is 15.2. The first kappa shape index (κ1) is 49.0. The monoisotopic (exact) mass is 985 g/mol. The SMILES string of the molecule is COC(=O)C(O)CNCC(=O)N1CCc2cc(OCc3cc(-c4ccccc4)c(C(F)(F)F)s3)ccc21.O=C(CCl)N1CCc2cc(OCc3cc(-c4ccccc4)c(C(F)(F)F)s3)ccc21. The molecule has 1 atom stereocenters. The summed E-state index contributed by atoms with van der Waals surface area (Å²) in [6.07, 6.45) is -8.98. The lowest BCUT2D eigenvalue weighted by molar-refractivity contribution is -0.150. The lowest BCUT2D eigenvalue weighted by Gasteiger charge is -2.18. The highest BCUT2D eigenvalue weighted by atomic mass is 35.5. The molecule has 0 aliphatic carbocycles. The van der Waals surface area contributed by atoms with Gasteiger partial charge in [-0.25, -0.2) is 4.79 Å². The van der Waals surface area contributed by atoms with Crippen molar-refractivity contribution in [2.75, 3.05) is 49.0 Å². The molecule has 2 aromatic heterocycles. The van der Waals surface area contributed by atoms with Crippen molar-refractivity contribution < 1.29 is 60.0 Å². The summed E-state index contributed by atoms with van der Waals surface area (Å²) in [6, 6.07) is 30.5. The van der Waals surface area contributed by atoms with Crippen molar-refractivity contribution in [1.82, 2.24) is 5.32 Å². The van der Waals surface area contributed by atoms with Crippen molar-refractivity contribution in [1.29, 1.82) is 0 Å². The van der Waals surface area contributed by atoms with Crippen molar-refractivity contribution in [3.63, 3.8) is 0 Å². The predicted molar refractivity (Wildman–Crippen MR) is 245 cm³/mol. The molecule has 10 nitrogen and oxygen atoms in total. The molecule has 0 fully saturated rings. The Morgan fingerprint density at radius 1 is 0.687 bits per heavy atom. The van der Waals surface area contributed by atoms with Gasteiger partial charge in [-0.2, -0.15) is 26.3 Å². The van der Waals surface area contributed by atoms with Gasteiger partial charge in [-0.3, -0.25) is 9.59 Å². The fraction of sp³-hybridized carbons (Fsp3) is 0.271. The summed E-state index contributed by atoms with van der Waals surface area (Å²) in [5.74, 6) is -0.200. The van der Waals surface area contributed by atoms with Crippen LogP contribution in [-0.4, -0.2) is 68.2 Å². The number of esters is 1. The van der Waals surface area contributed by atoms with E-state index in [-0.39, 0.29) is 55.1 Å². The molecular weight excluding hydrogens is 944 g/mol. The molecule has 0 saturated heterocycles. The van der Waals surface area contributed by atoms with Crippen molar-refractivity contribution >= 4 is 63.4 Å². The second-order valence-corrected chi connectivity index (χ2v) is 17.7. The van der Waals surface area contributed by atoms with Crippen molar-refractivity contribution in [3.05, 3.63) is 140 Å². The van der Waals surface area contributed by atoms with Crippen LogP contribution in [0, 0.1) is 0 Å². The fourth-order valence-electron chi connectivity index (χ4n) is 7.58. The number of rotatable bonds is 14. The highest BCUT2D eigenvalue weighted by molar-refractivity contribution is 7.13. The zero-order valence-corrected chi connectivity index (χ0v) is 38.0. The minimum absolute atomic E-state index is 0.0194. The summed E-state index contributed by atoms with van der Waals surface area (Å²) in [4.78, 5) is 38.6. The summed E-state index contributed by atoms with van der Waals surface area (Å²) in [5, 5.41) is 12.3. The van der Waals surface area contributed by atoms with Crippen molar-refractivity contribution in [3.8, 4) is 33.8 Å². The number of anilines is 2. The van der Waals surface area contributed by atoms with Crippen LogP contribution in [-0.2, 0) is 57.5 Å². The smallest absolute Gasteiger partial charge is 0.426 e. The Kier molecular flexibility index (Phi) is 15.6. The number of hydrogen-bond acceptors (Lipinski definition) is 10. The van der Waals surface area contributed by atoms with Crippen molar-refractivity contribution in [2.45, 2.75) is 44.5 Å².